The fourth-order valence-electron chi connectivity index (χ4n) is 1.30. The first kappa shape index (κ1) is 10.2. The first-order valence-corrected chi connectivity index (χ1v) is 4.66. The summed E-state index contributed by atoms with van der Waals surface area (Å²) in [6.45, 7) is 0. The van der Waals surface area contributed by atoms with E-state index in [1.807, 2.05) is 0 Å². The van der Waals surface area contributed by atoms with Gasteiger partial charge in [0.1, 0.15) is 11.5 Å². The molecule has 5 heteroatoms. The molecule has 1 heterocycles. The van der Waals surface area contributed by atoms with Gasteiger partial charge in [0.15, 0.2) is 0 Å². The number of nitrogen functional groups attached to an aromatic ring is 1. The minimum Gasteiger partial charge on any atom is -0.397 e. The highest BCUT2D eigenvalue weighted by molar-refractivity contribution is 6.04. The van der Waals surface area contributed by atoms with Crippen LogP contribution in [-0.4, -0.2) is 10.9 Å². The lowest BCUT2D eigenvalue weighted by Crippen LogP contribution is -2.13. The molecular formula is C11H10FN3O. The Bertz CT molecular complexity index is 508. The van der Waals surface area contributed by atoms with Gasteiger partial charge in [0.25, 0.3) is 5.91 Å². The normalized spacial score (nSPS) is 10.1. The highest BCUT2D eigenvalue weighted by Gasteiger charge is 2.08. The molecule has 1 aromatic carbocycles. The van der Waals surface area contributed by atoms with Crippen molar-refractivity contribution in [2.24, 2.45) is 0 Å². The van der Waals surface area contributed by atoms with Gasteiger partial charge >= 0.3 is 0 Å². The van der Waals surface area contributed by atoms with E-state index >= 15 is 0 Å². The molecule has 0 fully saturated rings. The van der Waals surface area contributed by atoms with Gasteiger partial charge in [-0.1, -0.05) is 0 Å². The van der Waals surface area contributed by atoms with Gasteiger partial charge in [0, 0.05) is 6.20 Å². The Kier molecular flexibility index (Phi) is 2.59. The van der Waals surface area contributed by atoms with Crippen molar-refractivity contribution in [1.29, 1.82) is 0 Å². The summed E-state index contributed by atoms with van der Waals surface area (Å²) in [6, 6.07) is 7.13. The van der Waals surface area contributed by atoms with E-state index in [2.05, 4.69) is 10.3 Å². The first-order chi connectivity index (χ1) is 7.66. The second-order valence-corrected chi connectivity index (χ2v) is 3.27. The number of hydrogen-bond donors (Lipinski definition) is 3. The SMILES string of the molecule is Nc1ccc(F)cc1NC(=O)c1ccc[nH]1. The molecule has 0 aliphatic heterocycles. The molecule has 1 amide bonds. The molecule has 16 heavy (non-hydrogen) atoms. The van der Waals surface area contributed by atoms with E-state index in [1.54, 1.807) is 18.3 Å². The largest absolute Gasteiger partial charge is 0.397 e. The molecule has 0 aliphatic rings. The molecule has 0 saturated heterocycles. The van der Waals surface area contributed by atoms with Crippen LogP contribution in [0.15, 0.2) is 36.5 Å². The molecular weight excluding hydrogens is 209 g/mol. The number of amides is 1. The molecule has 0 spiro atoms. The predicted molar refractivity (Wildman–Crippen MR) is 59.6 cm³/mol. The molecule has 2 aromatic rings. The van der Waals surface area contributed by atoms with Gasteiger partial charge in [-0.25, -0.2) is 4.39 Å². The maximum atomic E-state index is 12.9. The number of halogens is 1. The van der Waals surface area contributed by atoms with Gasteiger partial charge in [0.2, 0.25) is 0 Å². The zero-order valence-electron chi connectivity index (χ0n) is 8.33. The minimum absolute atomic E-state index is 0.264. The highest BCUT2D eigenvalue weighted by atomic mass is 19.1. The van der Waals surface area contributed by atoms with Crippen LogP contribution in [0.1, 0.15) is 10.5 Å². The summed E-state index contributed by atoms with van der Waals surface area (Å²) in [4.78, 5) is 14.4. The van der Waals surface area contributed by atoms with Crippen molar-refractivity contribution < 1.29 is 9.18 Å². The number of H-pyrrole nitrogens is 1. The number of benzene rings is 1. The zero-order valence-corrected chi connectivity index (χ0v) is 8.33. The molecule has 4 nitrogen and oxygen atoms in total. The van der Waals surface area contributed by atoms with E-state index in [1.165, 1.54) is 18.2 Å². The van der Waals surface area contributed by atoms with Crippen LogP contribution in [-0.2, 0) is 0 Å². The number of hydrogen-bond acceptors (Lipinski definition) is 2. The molecule has 82 valence electrons. The average Bonchev–Trinajstić information content (AvgIpc) is 2.76. The summed E-state index contributed by atoms with van der Waals surface area (Å²) in [5.41, 5.74) is 6.58. The summed E-state index contributed by atoms with van der Waals surface area (Å²) in [6.07, 6.45) is 1.63. The Hall–Kier alpha value is -2.30. The van der Waals surface area contributed by atoms with E-state index < -0.39 is 5.82 Å². The Morgan fingerprint density at radius 3 is 2.88 bits per heavy atom. The van der Waals surface area contributed by atoms with Crippen LogP contribution in [0.3, 0.4) is 0 Å². The number of rotatable bonds is 2. The lowest BCUT2D eigenvalue weighted by molar-refractivity contribution is 0.102. The topological polar surface area (TPSA) is 70.9 Å². The van der Waals surface area contributed by atoms with Gasteiger partial charge in [0.05, 0.1) is 11.4 Å². The van der Waals surface area contributed by atoms with Crippen molar-refractivity contribution in [2.45, 2.75) is 0 Å². The lowest BCUT2D eigenvalue weighted by Gasteiger charge is -2.06. The zero-order chi connectivity index (χ0) is 11.5. The van der Waals surface area contributed by atoms with E-state index in [4.69, 9.17) is 5.73 Å². The standard InChI is InChI=1S/C11H10FN3O/c12-7-3-4-8(13)10(6-7)15-11(16)9-2-1-5-14-9/h1-6,14H,13H2,(H,15,16). The molecule has 0 aliphatic carbocycles. The number of aromatic amines is 1. The average molecular weight is 219 g/mol. The van der Waals surface area contributed by atoms with Crippen LogP contribution in [0.5, 0.6) is 0 Å². The summed E-state index contributed by atoms with van der Waals surface area (Å²) in [5.74, 6) is -0.807. The molecule has 1 aromatic heterocycles. The number of aromatic nitrogens is 1. The second-order valence-electron chi connectivity index (χ2n) is 3.27. The Balaban J connectivity index is 2.21. The number of nitrogens with two attached hydrogens (primary N) is 1. The number of carbonyl (C=O) groups is 1. The fourth-order valence-corrected chi connectivity index (χ4v) is 1.30. The smallest absolute Gasteiger partial charge is 0.272 e. The molecule has 0 unspecified atom stereocenters. The third kappa shape index (κ3) is 2.03. The third-order valence-electron chi connectivity index (χ3n) is 2.11. The van der Waals surface area contributed by atoms with Crippen molar-refractivity contribution in [3.63, 3.8) is 0 Å². The van der Waals surface area contributed by atoms with Crippen molar-refractivity contribution in [3.8, 4) is 0 Å². The van der Waals surface area contributed by atoms with E-state index in [9.17, 15) is 9.18 Å². The number of nitrogens with one attached hydrogen (secondary N) is 2. The van der Waals surface area contributed by atoms with Crippen molar-refractivity contribution >= 4 is 17.3 Å². The van der Waals surface area contributed by atoms with Crippen LogP contribution in [0.2, 0.25) is 0 Å². The monoisotopic (exact) mass is 219 g/mol. The molecule has 0 bridgehead atoms. The van der Waals surface area contributed by atoms with E-state index in [0.717, 1.165) is 0 Å². The summed E-state index contributed by atoms with van der Waals surface area (Å²) < 4.78 is 12.9. The molecule has 0 atom stereocenters. The molecule has 2 rings (SSSR count). The Morgan fingerprint density at radius 1 is 1.38 bits per heavy atom. The van der Waals surface area contributed by atoms with Crippen LogP contribution in [0.25, 0.3) is 0 Å². The number of anilines is 2. The van der Waals surface area contributed by atoms with Gasteiger partial charge in [-0.2, -0.15) is 0 Å². The van der Waals surface area contributed by atoms with Crippen LogP contribution in [0.4, 0.5) is 15.8 Å². The van der Waals surface area contributed by atoms with Gasteiger partial charge < -0.3 is 16.0 Å². The van der Waals surface area contributed by atoms with Crippen LogP contribution < -0.4 is 11.1 Å². The van der Waals surface area contributed by atoms with E-state index in [0.29, 0.717) is 11.4 Å². The van der Waals surface area contributed by atoms with Gasteiger partial charge in [-0.05, 0) is 30.3 Å². The quantitative estimate of drug-likeness (QED) is 0.676. The fraction of sp³-hybridized carbons (Fsp3) is 0. The van der Waals surface area contributed by atoms with Crippen molar-refractivity contribution in [2.75, 3.05) is 11.1 Å². The van der Waals surface area contributed by atoms with Crippen molar-refractivity contribution in [1.82, 2.24) is 4.98 Å². The molecule has 0 saturated carbocycles. The molecule has 4 N–H and O–H groups in total. The predicted octanol–water partition coefficient (Wildman–Crippen LogP) is 1.99. The Labute approximate surface area is 91.3 Å². The summed E-state index contributed by atoms with van der Waals surface area (Å²) in [5, 5.41) is 2.52. The molecule has 0 radical (unpaired) electrons. The Morgan fingerprint density at radius 2 is 2.19 bits per heavy atom. The third-order valence-corrected chi connectivity index (χ3v) is 2.11. The maximum Gasteiger partial charge on any atom is 0.272 e. The minimum atomic E-state index is -0.448. The van der Waals surface area contributed by atoms with Crippen LogP contribution in [0, 0.1) is 5.82 Å². The number of carbonyl (C=O) groups excluding carboxylic acids is 1. The van der Waals surface area contributed by atoms with Gasteiger partial charge in [-0.3, -0.25) is 4.79 Å². The maximum absolute atomic E-state index is 12.9. The van der Waals surface area contributed by atoms with E-state index in [-0.39, 0.29) is 11.6 Å². The summed E-state index contributed by atoms with van der Waals surface area (Å²) in [7, 11) is 0. The van der Waals surface area contributed by atoms with Crippen LogP contribution >= 0.6 is 0 Å². The lowest BCUT2D eigenvalue weighted by atomic mass is 10.2. The highest BCUT2D eigenvalue weighted by Crippen LogP contribution is 2.19. The van der Waals surface area contributed by atoms with Gasteiger partial charge in [-0.15, -0.1) is 0 Å². The summed E-state index contributed by atoms with van der Waals surface area (Å²) >= 11 is 0. The van der Waals surface area contributed by atoms with Crippen molar-refractivity contribution in [3.05, 3.63) is 48.0 Å². The second kappa shape index (κ2) is 4.06. The first-order valence-electron chi connectivity index (χ1n) is 4.66.